The van der Waals surface area contributed by atoms with Gasteiger partial charge in [-0.3, -0.25) is 0 Å². The van der Waals surface area contributed by atoms with Gasteiger partial charge in [-0.15, -0.1) is 0 Å². The Hall–Kier alpha value is -2.80. The van der Waals surface area contributed by atoms with Gasteiger partial charge >= 0.3 is 0 Å². The molecule has 0 rings (SSSR count). The molecule has 0 atom stereocenters. The van der Waals surface area contributed by atoms with Crippen LogP contribution in [0, 0.1) is 0 Å². The zero-order chi connectivity index (χ0) is 20.5. The fraction of sp³-hybridized carbons (Fsp3) is 0.259. The molecule has 1 nitrogen and oxygen atoms in total. The van der Waals surface area contributed by atoms with Gasteiger partial charge in [0.1, 0.15) is 0 Å². The van der Waals surface area contributed by atoms with Gasteiger partial charge in [-0.1, -0.05) is 115 Å². The van der Waals surface area contributed by atoms with Crippen LogP contribution in [0.5, 0.6) is 0 Å². The zero-order valence-corrected chi connectivity index (χ0v) is 17.7. The largest absolute Gasteiger partial charge is 0.501 e. The maximum atomic E-state index is 5.09. The molecule has 28 heavy (non-hydrogen) atoms. The predicted octanol–water partition coefficient (Wildman–Crippen LogP) is 8.37. The van der Waals surface area contributed by atoms with Crippen molar-refractivity contribution in [1.29, 1.82) is 0 Å². The lowest BCUT2D eigenvalue weighted by Crippen LogP contribution is -1.76. The third-order valence-corrected chi connectivity index (χ3v) is 3.60. The van der Waals surface area contributed by atoms with E-state index >= 15 is 0 Å². The number of methoxy groups -OCH3 is 1. The number of hydrogen-bond acceptors (Lipinski definition) is 1. The fourth-order valence-electron chi connectivity index (χ4n) is 1.76. The Morgan fingerprint density at radius 3 is 1.32 bits per heavy atom. The van der Waals surface area contributed by atoms with Crippen LogP contribution in [0.4, 0.5) is 0 Å². The number of allylic oxidation sites excluding steroid dienone is 19. The summed E-state index contributed by atoms with van der Waals surface area (Å²) in [5, 5.41) is 0. The maximum Gasteiger partial charge on any atom is 0.0924 e. The summed E-state index contributed by atoms with van der Waals surface area (Å²) < 4.78 is 5.09. The maximum absolute atomic E-state index is 5.09. The third kappa shape index (κ3) is 16.7. The SMILES string of the molecule is C.C=C/C(C)=C/C=C/C(C)=C/C=C/C=C(C)/C=C/C=C(C)/C=C/C=C(\C)OC. The van der Waals surface area contributed by atoms with E-state index in [0.717, 1.165) is 11.3 Å². The molecule has 0 aromatic rings. The second-order valence-corrected chi connectivity index (χ2v) is 6.29. The van der Waals surface area contributed by atoms with Crippen LogP contribution in [0.1, 0.15) is 42.0 Å². The lowest BCUT2D eigenvalue weighted by molar-refractivity contribution is 0.294. The van der Waals surface area contributed by atoms with Gasteiger partial charge in [0, 0.05) is 0 Å². The smallest absolute Gasteiger partial charge is 0.0924 e. The van der Waals surface area contributed by atoms with Crippen LogP contribution < -0.4 is 0 Å². The molecule has 0 fully saturated rings. The molecule has 0 spiro atoms. The Kier molecular flexibility index (Phi) is 17.2. The highest BCUT2D eigenvalue weighted by Crippen LogP contribution is 2.02. The normalized spacial score (nSPS) is 15.1. The van der Waals surface area contributed by atoms with Gasteiger partial charge in [0.2, 0.25) is 0 Å². The van der Waals surface area contributed by atoms with Crippen LogP contribution in [-0.2, 0) is 4.74 Å². The van der Waals surface area contributed by atoms with Crippen LogP contribution in [0.2, 0.25) is 0 Å². The summed E-state index contributed by atoms with van der Waals surface area (Å²) in [7, 11) is 1.67. The average Bonchev–Trinajstić information content (AvgIpc) is 2.64. The summed E-state index contributed by atoms with van der Waals surface area (Å²) in [6.45, 7) is 13.9. The Balaban J connectivity index is 0. The van der Waals surface area contributed by atoms with Crippen molar-refractivity contribution in [2.24, 2.45) is 0 Å². The van der Waals surface area contributed by atoms with Gasteiger partial charge in [0.05, 0.1) is 12.9 Å². The quantitative estimate of drug-likeness (QED) is 0.274. The molecule has 0 aromatic heterocycles. The van der Waals surface area contributed by atoms with E-state index in [2.05, 4.69) is 82.0 Å². The first kappa shape index (κ1) is 27.4. The van der Waals surface area contributed by atoms with Gasteiger partial charge in [0.25, 0.3) is 0 Å². The van der Waals surface area contributed by atoms with E-state index in [1.165, 1.54) is 16.7 Å². The summed E-state index contributed by atoms with van der Waals surface area (Å²) in [6, 6.07) is 0. The second kappa shape index (κ2) is 17.6. The molecule has 0 aromatic carbocycles. The second-order valence-electron chi connectivity index (χ2n) is 6.29. The molecule has 0 aliphatic heterocycles. The van der Waals surface area contributed by atoms with Gasteiger partial charge in [0.15, 0.2) is 0 Å². The summed E-state index contributed by atoms with van der Waals surface area (Å²) >= 11 is 0. The lowest BCUT2D eigenvalue weighted by atomic mass is 10.2. The molecule has 0 radical (unpaired) electrons. The van der Waals surface area contributed by atoms with E-state index in [1.807, 2.05) is 44.2 Å². The van der Waals surface area contributed by atoms with E-state index in [0.29, 0.717) is 0 Å². The summed E-state index contributed by atoms with van der Waals surface area (Å²) in [5.74, 6) is 0.892. The first-order chi connectivity index (χ1) is 12.9. The minimum absolute atomic E-state index is 0. The van der Waals surface area contributed by atoms with Crippen molar-refractivity contribution in [3.05, 3.63) is 120 Å². The fourth-order valence-corrected chi connectivity index (χ4v) is 1.76. The molecular formula is C27H38O. The average molecular weight is 379 g/mol. The standard InChI is InChI=1S/C26H34O.CH4/c1-8-22(2)16-11-17-23(3)14-9-10-15-24(4)18-12-19-25(5)20-13-21-26(6)27-7;/h8-21H,1H2,2-7H3;1H4/b10-9+,17-11+,18-12+,20-13+,22-16+,23-14+,24-15+,25-19+,26-21+;. The monoisotopic (exact) mass is 378 g/mol. The molecule has 0 saturated carbocycles. The van der Waals surface area contributed by atoms with E-state index in [-0.39, 0.29) is 7.43 Å². The van der Waals surface area contributed by atoms with Gasteiger partial charge < -0.3 is 4.74 Å². The Bertz CT molecular complexity index is 726. The van der Waals surface area contributed by atoms with Gasteiger partial charge in [-0.25, -0.2) is 0 Å². The molecule has 0 bridgehead atoms. The Labute approximate surface area is 173 Å². The highest BCUT2D eigenvalue weighted by molar-refractivity contribution is 5.31. The van der Waals surface area contributed by atoms with Crippen LogP contribution in [0.15, 0.2) is 120 Å². The Morgan fingerprint density at radius 1 is 0.571 bits per heavy atom. The molecule has 0 aliphatic rings. The van der Waals surface area contributed by atoms with Crippen molar-refractivity contribution >= 4 is 0 Å². The van der Waals surface area contributed by atoms with Crippen molar-refractivity contribution in [2.45, 2.75) is 42.0 Å². The molecule has 0 unspecified atom stereocenters. The number of rotatable bonds is 10. The zero-order valence-electron chi connectivity index (χ0n) is 17.7. The Morgan fingerprint density at radius 2 is 0.929 bits per heavy atom. The van der Waals surface area contributed by atoms with E-state index in [9.17, 15) is 0 Å². The molecule has 0 heterocycles. The van der Waals surface area contributed by atoms with Crippen LogP contribution in [0.3, 0.4) is 0 Å². The third-order valence-electron chi connectivity index (χ3n) is 3.60. The lowest BCUT2D eigenvalue weighted by Gasteiger charge is -1.94. The van der Waals surface area contributed by atoms with Crippen molar-refractivity contribution in [3.8, 4) is 0 Å². The summed E-state index contributed by atoms with van der Waals surface area (Å²) in [4.78, 5) is 0. The molecule has 152 valence electrons. The van der Waals surface area contributed by atoms with Crippen LogP contribution in [-0.4, -0.2) is 7.11 Å². The highest BCUT2D eigenvalue weighted by Gasteiger charge is 1.82. The first-order valence-corrected chi connectivity index (χ1v) is 9.12. The molecule has 0 N–H and O–H groups in total. The molecular weight excluding hydrogens is 340 g/mol. The molecule has 0 aliphatic carbocycles. The predicted molar refractivity (Wildman–Crippen MR) is 129 cm³/mol. The number of ether oxygens (including phenoxy) is 1. The van der Waals surface area contributed by atoms with Crippen molar-refractivity contribution < 1.29 is 4.74 Å². The van der Waals surface area contributed by atoms with Gasteiger partial charge in [-0.2, -0.15) is 0 Å². The summed E-state index contributed by atoms with van der Waals surface area (Å²) in [6.07, 6.45) is 28.5. The molecule has 0 amide bonds. The van der Waals surface area contributed by atoms with Crippen LogP contribution in [0.25, 0.3) is 0 Å². The summed E-state index contributed by atoms with van der Waals surface area (Å²) in [5.41, 5.74) is 4.73. The minimum atomic E-state index is 0. The van der Waals surface area contributed by atoms with E-state index < -0.39 is 0 Å². The molecule has 0 saturated heterocycles. The van der Waals surface area contributed by atoms with Gasteiger partial charge in [-0.05, 0) is 40.7 Å². The minimum Gasteiger partial charge on any atom is -0.501 e. The van der Waals surface area contributed by atoms with E-state index in [1.54, 1.807) is 7.11 Å². The van der Waals surface area contributed by atoms with Crippen molar-refractivity contribution in [2.75, 3.05) is 7.11 Å². The first-order valence-electron chi connectivity index (χ1n) is 9.12. The highest BCUT2D eigenvalue weighted by atomic mass is 16.5. The van der Waals surface area contributed by atoms with E-state index in [4.69, 9.17) is 4.74 Å². The van der Waals surface area contributed by atoms with Crippen LogP contribution >= 0.6 is 0 Å². The topological polar surface area (TPSA) is 9.23 Å². The van der Waals surface area contributed by atoms with Crippen molar-refractivity contribution in [3.63, 3.8) is 0 Å². The number of hydrogen-bond donors (Lipinski definition) is 0. The van der Waals surface area contributed by atoms with Crippen molar-refractivity contribution in [1.82, 2.24) is 0 Å². The molecule has 1 heteroatoms.